The molecule has 1 rings (SSSR count). The number of rotatable bonds is 6. The number of nitrogens with two attached hydrogens (primary N) is 1. The van der Waals surface area contributed by atoms with Crippen LogP contribution < -0.4 is 10.5 Å². The van der Waals surface area contributed by atoms with Gasteiger partial charge in [-0.1, -0.05) is 0 Å². The molecule has 0 saturated carbocycles. The number of nitro benzene ring substituents is 1. The number of carbonyl (C=O) groups excluding carboxylic acids is 1. The fraction of sp³-hybridized carbons (Fsp3) is 0.417. The number of aryl methyl sites for hydroxylation is 1. The number of ether oxygens (including phenoxy) is 2. The molecule has 0 amide bonds. The lowest BCUT2D eigenvalue weighted by Gasteiger charge is -2.11. The average Bonchev–Trinajstić information content (AvgIpc) is 2.39. The van der Waals surface area contributed by atoms with Gasteiger partial charge in [0.1, 0.15) is 11.8 Å². The number of hydrogen-bond acceptors (Lipinski definition) is 6. The molecule has 0 heterocycles. The van der Waals surface area contributed by atoms with Gasteiger partial charge in [-0.25, -0.2) is 0 Å². The van der Waals surface area contributed by atoms with Crippen molar-refractivity contribution in [2.24, 2.45) is 5.73 Å². The monoisotopic (exact) mass is 268 g/mol. The molecule has 1 aromatic rings. The lowest BCUT2D eigenvalue weighted by molar-refractivity contribution is -0.384. The number of carbonyl (C=O) groups is 1. The van der Waals surface area contributed by atoms with E-state index in [9.17, 15) is 14.9 Å². The molecule has 7 heteroatoms. The van der Waals surface area contributed by atoms with Gasteiger partial charge >= 0.3 is 5.97 Å². The van der Waals surface area contributed by atoms with Crippen molar-refractivity contribution in [1.29, 1.82) is 0 Å². The zero-order valence-electron chi connectivity index (χ0n) is 10.8. The first kappa shape index (κ1) is 14.9. The Balaban J connectivity index is 2.54. The van der Waals surface area contributed by atoms with Crippen LogP contribution >= 0.6 is 0 Å². The number of non-ortho nitro benzene ring substituents is 1. The summed E-state index contributed by atoms with van der Waals surface area (Å²) in [6.45, 7) is 1.94. The third-order valence-electron chi connectivity index (χ3n) is 2.56. The van der Waals surface area contributed by atoms with E-state index in [4.69, 9.17) is 10.5 Å². The van der Waals surface area contributed by atoms with Crippen LogP contribution in [0.5, 0.6) is 5.75 Å². The molecule has 0 aliphatic carbocycles. The highest BCUT2D eigenvalue weighted by molar-refractivity contribution is 5.75. The van der Waals surface area contributed by atoms with E-state index in [0.717, 1.165) is 0 Å². The normalized spacial score (nSPS) is 11.7. The molecule has 0 spiro atoms. The Kier molecular flexibility index (Phi) is 5.25. The van der Waals surface area contributed by atoms with Crippen LogP contribution in [0.3, 0.4) is 0 Å². The third-order valence-corrected chi connectivity index (χ3v) is 2.56. The summed E-state index contributed by atoms with van der Waals surface area (Å²) in [4.78, 5) is 21.2. The van der Waals surface area contributed by atoms with Gasteiger partial charge in [0.2, 0.25) is 0 Å². The maximum Gasteiger partial charge on any atom is 0.322 e. The zero-order chi connectivity index (χ0) is 14.4. The zero-order valence-corrected chi connectivity index (χ0v) is 10.8. The van der Waals surface area contributed by atoms with Crippen molar-refractivity contribution >= 4 is 11.7 Å². The van der Waals surface area contributed by atoms with Crippen molar-refractivity contribution in [3.8, 4) is 5.75 Å². The molecule has 1 unspecified atom stereocenters. The Morgan fingerprint density at radius 3 is 2.74 bits per heavy atom. The first-order chi connectivity index (χ1) is 8.95. The van der Waals surface area contributed by atoms with E-state index in [2.05, 4.69) is 4.74 Å². The topological polar surface area (TPSA) is 105 Å². The van der Waals surface area contributed by atoms with Gasteiger partial charge in [0, 0.05) is 18.6 Å². The fourth-order valence-corrected chi connectivity index (χ4v) is 1.47. The minimum absolute atomic E-state index is 0.0103. The number of nitro groups is 1. The Labute approximate surface area is 110 Å². The van der Waals surface area contributed by atoms with Crippen LogP contribution in [0.25, 0.3) is 0 Å². The number of benzene rings is 1. The number of methoxy groups -OCH3 is 1. The van der Waals surface area contributed by atoms with Gasteiger partial charge in [0.25, 0.3) is 5.69 Å². The van der Waals surface area contributed by atoms with Gasteiger partial charge in [-0.15, -0.1) is 0 Å². The Morgan fingerprint density at radius 1 is 1.53 bits per heavy atom. The van der Waals surface area contributed by atoms with Gasteiger partial charge in [0.05, 0.1) is 18.6 Å². The summed E-state index contributed by atoms with van der Waals surface area (Å²) in [5.41, 5.74) is 6.21. The Bertz CT molecular complexity index is 475. The van der Waals surface area contributed by atoms with E-state index in [1.807, 2.05) is 0 Å². The molecule has 0 aliphatic rings. The largest absolute Gasteiger partial charge is 0.493 e. The summed E-state index contributed by atoms with van der Waals surface area (Å²) in [5.74, 6) is 0.0340. The number of esters is 1. The van der Waals surface area contributed by atoms with E-state index in [0.29, 0.717) is 17.7 Å². The van der Waals surface area contributed by atoms with Crippen molar-refractivity contribution in [3.05, 3.63) is 33.9 Å². The highest BCUT2D eigenvalue weighted by atomic mass is 16.6. The van der Waals surface area contributed by atoms with Crippen LogP contribution in [-0.4, -0.2) is 30.7 Å². The van der Waals surface area contributed by atoms with E-state index in [1.54, 1.807) is 6.92 Å². The predicted octanol–water partition coefficient (Wildman–Crippen LogP) is 1.17. The van der Waals surface area contributed by atoms with Crippen LogP contribution in [0.4, 0.5) is 5.69 Å². The van der Waals surface area contributed by atoms with E-state index in [1.165, 1.54) is 25.3 Å². The maximum atomic E-state index is 11.1. The third kappa shape index (κ3) is 4.22. The van der Waals surface area contributed by atoms with Gasteiger partial charge < -0.3 is 15.2 Å². The first-order valence-electron chi connectivity index (χ1n) is 5.67. The summed E-state index contributed by atoms with van der Waals surface area (Å²) >= 11 is 0. The molecule has 0 aliphatic heterocycles. The fourth-order valence-electron chi connectivity index (χ4n) is 1.47. The molecular weight excluding hydrogens is 252 g/mol. The van der Waals surface area contributed by atoms with Crippen molar-refractivity contribution in [3.63, 3.8) is 0 Å². The van der Waals surface area contributed by atoms with E-state index in [-0.39, 0.29) is 12.3 Å². The quantitative estimate of drug-likeness (QED) is 0.471. The second kappa shape index (κ2) is 6.69. The van der Waals surface area contributed by atoms with Crippen LogP contribution in [-0.2, 0) is 9.53 Å². The molecule has 1 atom stereocenters. The molecule has 19 heavy (non-hydrogen) atoms. The van der Waals surface area contributed by atoms with Gasteiger partial charge in [-0.2, -0.15) is 0 Å². The average molecular weight is 268 g/mol. The van der Waals surface area contributed by atoms with Crippen LogP contribution in [0.15, 0.2) is 18.2 Å². The Hall–Kier alpha value is -2.15. The highest BCUT2D eigenvalue weighted by Gasteiger charge is 2.14. The molecule has 0 radical (unpaired) electrons. The summed E-state index contributed by atoms with van der Waals surface area (Å²) in [7, 11) is 1.27. The molecule has 0 aromatic heterocycles. The molecule has 2 N–H and O–H groups in total. The lowest BCUT2D eigenvalue weighted by atomic mass is 10.2. The lowest BCUT2D eigenvalue weighted by Crippen LogP contribution is -2.33. The van der Waals surface area contributed by atoms with Crippen molar-refractivity contribution in [2.75, 3.05) is 13.7 Å². The summed E-state index contributed by atoms with van der Waals surface area (Å²) in [5, 5.41) is 10.6. The highest BCUT2D eigenvalue weighted by Crippen LogP contribution is 2.23. The molecule has 0 fully saturated rings. The van der Waals surface area contributed by atoms with Gasteiger partial charge in [0.15, 0.2) is 0 Å². The SMILES string of the molecule is COC(=O)C(N)CCOc1ccc([N+](=O)[O-])cc1C. The summed E-state index contributed by atoms with van der Waals surface area (Å²) in [6.07, 6.45) is 0.309. The van der Waals surface area contributed by atoms with Crippen molar-refractivity contribution in [1.82, 2.24) is 0 Å². The molecular formula is C12H16N2O5. The second-order valence-electron chi connectivity index (χ2n) is 3.97. The minimum atomic E-state index is -0.733. The minimum Gasteiger partial charge on any atom is -0.493 e. The van der Waals surface area contributed by atoms with Crippen molar-refractivity contribution < 1.29 is 19.2 Å². The molecule has 104 valence electrons. The summed E-state index contributed by atoms with van der Waals surface area (Å²) < 4.78 is 9.91. The van der Waals surface area contributed by atoms with Crippen molar-refractivity contribution in [2.45, 2.75) is 19.4 Å². The van der Waals surface area contributed by atoms with Crippen LogP contribution in [0, 0.1) is 17.0 Å². The second-order valence-corrected chi connectivity index (χ2v) is 3.97. The van der Waals surface area contributed by atoms with Crippen LogP contribution in [0.1, 0.15) is 12.0 Å². The molecule has 7 nitrogen and oxygen atoms in total. The van der Waals surface area contributed by atoms with Gasteiger partial charge in [-0.3, -0.25) is 14.9 Å². The first-order valence-corrected chi connectivity index (χ1v) is 5.67. The van der Waals surface area contributed by atoms with Crippen LogP contribution in [0.2, 0.25) is 0 Å². The summed E-state index contributed by atoms with van der Waals surface area (Å²) in [6, 6.07) is 3.58. The smallest absolute Gasteiger partial charge is 0.322 e. The number of nitrogens with zero attached hydrogens (tertiary/aromatic N) is 1. The molecule has 1 aromatic carbocycles. The molecule has 0 saturated heterocycles. The Morgan fingerprint density at radius 2 is 2.21 bits per heavy atom. The number of hydrogen-bond donors (Lipinski definition) is 1. The molecule has 0 bridgehead atoms. The predicted molar refractivity (Wildman–Crippen MR) is 67.9 cm³/mol. The maximum absolute atomic E-state index is 11.1. The van der Waals surface area contributed by atoms with E-state index < -0.39 is 16.9 Å². The standard InChI is InChI=1S/C12H16N2O5/c1-8-7-9(14(16)17)3-4-11(8)19-6-5-10(13)12(15)18-2/h3-4,7,10H,5-6,13H2,1-2H3. The van der Waals surface area contributed by atoms with E-state index >= 15 is 0 Å². The van der Waals surface area contributed by atoms with Gasteiger partial charge in [-0.05, 0) is 18.6 Å².